The number of aryl methyl sites for hydroxylation is 1. The summed E-state index contributed by atoms with van der Waals surface area (Å²) in [5, 5.41) is 0. The van der Waals surface area contributed by atoms with E-state index in [4.69, 9.17) is 0 Å². The van der Waals surface area contributed by atoms with E-state index >= 15 is 0 Å². The van der Waals surface area contributed by atoms with Crippen molar-refractivity contribution in [2.45, 2.75) is 135 Å². The molecule has 2 rings (SSSR count). The highest BCUT2D eigenvalue weighted by molar-refractivity contribution is 5.16. The Morgan fingerprint density at radius 3 is 1.28 bits per heavy atom. The van der Waals surface area contributed by atoms with Crippen LogP contribution in [0.1, 0.15) is 127 Å². The van der Waals surface area contributed by atoms with Gasteiger partial charge in [0.25, 0.3) is 0 Å². The van der Waals surface area contributed by atoms with Gasteiger partial charge in [0.2, 0.25) is 0 Å². The van der Waals surface area contributed by atoms with Gasteiger partial charge in [-0.1, -0.05) is 176 Å². The maximum Gasteiger partial charge on any atom is 0.0130 e. The lowest BCUT2D eigenvalue weighted by Crippen LogP contribution is -2.30. The predicted octanol–water partition coefficient (Wildman–Crippen LogP) is 10.8. The van der Waals surface area contributed by atoms with E-state index in [0.29, 0.717) is 6.04 Å². The summed E-state index contributed by atoms with van der Waals surface area (Å²) in [6, 6.07) is 21.9. The van der Waals surface area contributed by atoms with Crippen LogP contribution in [0.5, 0.6) is 0 Å². The minimum atomic E-state index is 0.684. The van der Waals surface area contributed by atoms with Gasteiger partial charge in [-0.15, -0.1) is 0 Å². The molecule has 0 aromatic heterocycles. The average Bonchev–Trinajstić information content (AvgIpc) is 2.89. The molecule has 0 spiro atoms. The molecule has 0 heterocycles. The average molecular weight is 494 g/mol. The van der Waals surface area contributed by atoms with Gasteiger partial charge in [-0.05, 0) is 39.4 Å². The van der Waals surface area contributed by atoms with Gasteiger partial charge in [-0.3, -0.25) is 0 Å². The Bertz CT molecular complexity index is 678. The van der Waals surface area contributed by atoms with E-state index in [1.807, 2.05) is 18.2 Å². The Hall–Kier alpha value is -1.60. The van der Waals surface area contributed by atoms with Crippen LogP contribution in [0.4, 0.5) is 0 Å². The summed E-state index contributed by atoms with van der Waals surface area (Å²) in [5.74, 6) is 0. The number of hydrogen-bond acceptors (Lipinski definition) is 1. The second kappa shape index (κ2) is 23.8. The largest absolute Gasteiger partial charge is 0.306 e. The fraction of sp³-hybridized carbons (Fsp3) is 0.657. The summed E-state index contributed by atoms with van der Waals surface area (Å²) in [7, 11) is 4.47. The van der Waals surface area contributed by atoms with Crippen LogP contribution < -0.4 is 0 Å². The Kier molecular flexibility index (Phi) is 21.4. The van der Waals surface area contributed by atoms with E-state index in [2.05, 4.69) is 75.3 Å². The van der Waals surface area contributed by atoms with Crippen molar-refractivity contribution in [2.24, 2.45) is 0 Å². The summed E-state index contributed by atoms with van der Waals surface area (Å²) in [6.07, 6.45) is 25.7. The van der Waals surface area contributed by atoms with Crippen LogP contribution in [0.2, 0.25) is 0 Å². The highest BCUT2D eigenvalue weighted by Crippen LogP contribution is 2.16. The zero-order valence-corrected chi connectivity index (χ0v) is 24.5. The van der Waals surface area contributed by atoms with Gasteiger partial charge in [-0.25, -0.2) is 0 Å². The third-order valence-corrected chi connectivity index (χ3v) is 7.38. The number of unbranched alkanes of at least 4 members (excludes halogenated alkanes) is 15. The first-order valence-electron chi connectivity index (χ1n) is 15.4. The summed E-state index contributed by atoms with van der Waals surface area (Å²) in [6.45, 7) is 4.38. The number of nitrogens with zero attached hydrogens (tertiary/aromatic N) is 1. The van der Waals surface area contributed by atoms with E-state index in [1.165, 1.54) is 127 Å². The van der Waals surface area contributed by atoms with E-state index < -0.39 is 0 Å². The first-order chi connectivity index (χ1) is 17.6. The van der Waals surface area contributed by atoms with E-state index in [0.717, 1.165) is 0 Å². The SMILES string of the molecule is CCCCCCCCCCCCCCCCCCC(Cc1ccccc1)N(C)C.Cc1ccccc1. The van der Waals surface area contributed by atoms with Gasteiger partial charge in [0, 0.05) is 6.04 Å². The van der Waals surface area contributed by atoms with Gasteiger partial charge in [0.15, 0.2) is 0 Å². The van der Waals surface area contributed by atoms with E-state index in [-0.39, 0.29) is 0 Å². The van der Waals surface area contributed by atoms with Crippen molar-refractivity contribution in [3.05, 3.63) is 71.8 Å². The quantitative estimate of drug-likeness (QED) is 0.166. The van der Waals surface area contributed by atoms with E-state index in [1.54, 1.807) is 0 Å². The van der Waals surface area contributed by atoms with Crippen LogP contribution in [0.25, 0.3) is 0 Å². The Morgan fingerprint density at radius 1 is 0.528 bits per heavy atom. The second-order valence-electron chi connectivity index (χ2n) is 11.1. The van der Waals surface area contributed by atoms with Gasteiger partial charge in [0.05, 0.1) is 0 Å². The molecular formula is C35H59N. The Morgan fingerprint density at radius 2 is 0.917 bits per heavy atom. The molecule has 1 heteroatoms. The van der Waals surface area contributed by atoms with Gasteiger partial charge < -0.3 is 4.90 Å². The van der Waals surface area contributed by atoms with Crippen LogP contribution in [-0.4, -0.2) is 25.0 Å². The summed E-state index contributed by atoms with van der Waals surface area (Å²) in [4.78, 5) is 2.41. The van der Waals surface area contributed by atoms with Crippen molar-refractivity contribution < 1.29 is 0 Å². The summed E-state index contributed by atoms with van der Waals surface area (Å²) in [5.41, 5.74) is 2.80. The maximum absolute atomic E-state index is 2.41. The van der Waals surface area contributed by atoms with Crippen LogP contribution >= 0.6 is 0 Å². The third-order valence-electron chi connectivity index (χ3n) is 7.38. The molecule has 1 atom stereocenters. The molecule has 2 aromatic rings. The van der Waals surface area contributed by atoms with Crippen molar-refractivity contribution in [1.29, 1.82) is 0 Å². The Balaban J connectivity index is 0.000000789. The Labute approximate surface area is 226 Å². The smallest absolute Gasteiger partial charge is 0.0130 e. The number of hydrogen-bond donors (Lipinski definition) is 0. The van der Waals surface area contributed by atoms with Gasteiger partial charge >= 0.3 is 0 Å². The first kappa shape index (κ1) is 32.4. The predicted molar refractivity (Wildman–Crippen MR) is 163 cm³/mol. The zero-order chi connectivity index (χ0) is 26.1. The minimum Gasteiger partial charge on any atom is -0.306 e. The van der Waals surface area contributed by atoms with Crippen LogP contribution in [0.15, 0.2) is 60.7 Å². The molecule has 2 aromatic carbocycles. The van der Waals surface area contributed by atoms with Crippen LogP contribution in [-0.2, 0) is 6.42 Å². The molecule has 0 saturated heterocycles. The van der Waals surface area contributed by atoms with E-state index in [9.17, 15) is 0 Å². The normalized spacial score (nSPS) is 11.8. The topological polar surface area (TPSA) is 3.24 Å². The molecule has 0 aliphatic heterocycles. The molecule has 0 bridgehead atoms. The number of benzene rings is 2. The maximum atomic E-state index is 2.41. The molecule has 0 N–H and O–H groups in total. The zero-order valence-electron chi connectivity index (χ0n) is 24.5. The molecule has 0 saturated carbocycles. The fourth-order valence-electron chi connectivity index (χ4n) is 4.89. The van der Waals surface area contributed by atoms with Crippen molar-refractivity contribution in [3.63, 3.8) is 0 Å². The van der Waals surface area contributed by atoms with Crippen molar-refractivity contribution in [1.82, 2.24) is 4.90 Å². The molecule has 36 heavy (non-hydrogen) atoms. The fourth-order valence-corrected chi connectivity index (χ4v) is 4.89. The molecule has 0 fully saturated rings. The van der Waals surface area contributed by atoms with Crippen molar-refractivity contribution in [3.8, 4) is 0 Å². The highest BCUT2D eigenvalue weighted by atomic mass is 15.1. The van der Waals surface area contributed by atoms with Crippen molar-refractivity contribution >= 4 is 0 Å². The molecule has 1 unspecified atom stereocenters. The van der Waals surface area contributed by atoms with Crippen molar-refractivity contribution in [2.75, 3.05) is 14.1 Å². The molecule has 0 radical (unpaired) electrons. The lowest BCUT2D eigenvalue weighted by atomic mass is 9.98. The van der Waals surface area contributed by atoms with Gasteiger partial charge in [-0.2, -0.15) is 0 Å². The number of rotatable bonds is 20. The highest BCUT2D eigenvalue weighted by Gasteiger charge is 2.11. The lowest BCUT2D eigenvalue weighted by Gasteiger charge is -2.24. The molecule has 0 aliphatic carbocycles. The number of likely N-dealkylation sites (N-methyl/N-ethyl adjacent to an activating group) is 1. The summed E-state index contributed by atoms with van der Waals surface area (Å²) < 4.78 is 0. The molecular weight excluding hydrogens is 434 g/mol. The third kappa shape index (κ3) is 19.6. The molecule has 0 amide bonds. The van der Waals surface area contributed by atoms with Crippen LogP contribution in [0, 0.1) is 6.92 Å². The van der Waals surface area contributed by atoms with Crippen LogP contribution in [0.3, 0.4) is 0 Å². The first-order valence-corrected chi connectivity index (χ1v) is 15.4. The summed E-state index contributed by atoms with van der Waals surface area (Å²) >= 11 is 0. The molecule has 204 valence electrons. The van der Waals surface area contributed by atoms with Gasteiger partial charge in [0.1, 0.15) is 0 Å². The molecule has 0 aliphatic rings. The standard InChI is InChI=1S/C28H51N.C7H8/c1-4-5-6-7-8-9-10-11-12-13-14-15-16-17-18-22-25-28(29(2)3)26-27-23-20-19-21-24-27;1-7-5-3-2-4-6-7/h19-21,23-24,28H,4-18,22,25-26H2,1-3H3;2-6H,1H3. The lowest BCUT2D eigenvalue weighted by molar-refractivity contribution is 0.269. The second-order valence-corrected chi connectivity index (χ2v) is 11.1. The molecule has 1 nitrogen and oxygen atoms in total. The monoisotopic (exact) mass is 493 g/mol. The minimum absolute atomic E-state index is 0.684.